The molecule has 0 unspecified atom stereocenters. The molecular formula is C29H56N4O4S2. The van der Waals surface area contributed by atoms with E-state index in [9.17, 15) is 16.8 Å². The predicted molar refractivity (Wildman–Crippen MR) is 161 cm³/mol. The zero-order valence-electron chi connectivity index (χ0n) is 24.8. The van der Waals surface area contributed by atoms with E-state index in [1.165, 1.54) is 0 Å². The first kappa shape index (κ1) is 37.8. The van der Waals surface area contributed by atoms with E-state index in [1.807, 2.05) is 13.8 Å². The molecule has 39 heavy (non-hydrogen) atoms. The van der Waals surface area contributed by atoms with Gasteiger partial charge >= 0.3 is 0 Å². The van der Waals surface area contributed by atoms with Gasteiger partial charge in [0.25, 0.3) is 0 Å². The first-order valence-electron chi connectivity index (χ1n) is 15.5. The lowest BCUT2D eigenvalue weighted by molar-refractivity contribution is 0.470. The van der Waals surface area contributed by atoms with Crippen molar-refractivity contribution in [3.63, 3.8) is 0 Å². The van der Waals surface area contributed by atoms with Crippen LogP contribution in [0.5, 0.6) is 0 Å². The van der Waals surface area contributed by atoms with Gasteiger partial charge in [0.15, 0.2) is 0 Å². The zero-order chi connectivity index (χ0) is 29.3. The van der Waals surface area contributed by atoms with E-state index < -0.39 is 24.1 Å². The highest BCUT2D eigenvalue weighted by Gasteiger charge is 2.53. The molecule has 2 N–H and O–H groups in total. The highest BCUT2D eigenvalue weighted by molar-refractivity contribution is 8.08. The average Bonchev–Trinajstić information content (AvgIpc) is 2.90. The number of nitrogens with zero attached hydrogens (tertiary/aromatic N) is 2. The molecule has 0 heterocycles. The standard InChI is InChI=1S/C29H56N4O4S2/c1-3-5-23-29(24-6-4-2,38(34,35)32-27-21-17-13-9-7-11-15-19-25-30)39(36,37)33-28-22-18-14-10-8-12-16-20-26-31/h32-33H,3-24,27-28H2,1-2H3. The normalized spacial score (nSPS) is 12.3. The lowest BCUT2D eigenvalue weighted by atomic mass is 10.1. The lowest BCUT2D eigenvalue weighted by Gasteiger charge is -2.33. The Hall–Kier alpha value is -1.20. The molecule has 0 fully saturated rings. The number of sulfonamides is 2. The van der Waals surface area contributed by atoms with Crippen LogP contribution in [0.2, 0.25) is 0 Å². The molecule has 0 atom stereocenters. The molecule has 0 rings (SSSR count). The van der Waals surface area contributed by atoms with E-state index in [2.05, 4.69) is 21.6 Å². The highest BCUT2D eigenvalue weighted by atomic mass is 32.3. The Morgan fingerprint density at radius 1 is 0.513 bits per heavy atom. The van der Waals surface area contributed by atoms with Crippen molar-refractivity contribution in [1.29, 1.82) is 10.5 Å². The third-order valence-electron chi connectivity index (χ3n) is 7.32. The molecule has 0 aliphatic carbocycles. The van der Waals surface area contributed by atoms with Gasteiger partial charge in [-0.3, -0.25) is 0 Å². The third kappa shape index (κ3) is 16.0. The highest BCUT2D eigenvalue weighted by Crippen LogP contribution is 2.35. The molecule has 10 heteroatoms. The first-order valence-corrected chi connectivity index (χ1v) is 18.4. The largest absolute Gasteiger partial charge is 0.233 e. The maximum atomic E-state index is 13.7. The van der Waals surface area contributed by atoms with Crippen molar-refractivity contribution in [3.8, 4) is 12.1 Å². The monoisotopic (exact) mass is 588 g/mol. The van der Waals surface area contributed by atoms with Gasteiger partial charge in [-0.2, -0.15) is 10.5 Å². The molecule has 228 valence electrons. The van der Waals surface area contributed by atoms with Crippen LogP contribution in [0.1, 0.15) is 155 Å². The molecule has 0 spiro atoms. The molecule has 0 saturated heterocycles. The van der Waals surface area contributed by atoms with Gasteiger partial charge in [-0.05, 0) is 38.5 Å². The van der Waals surface area contributed by atoms with E-state index in [0.717, 1.165) is 89.9 Å². The minimum absolute atomic E-state index is 0.0968. The lowest BCUT2D eigenvalue weighted by Crippen LogP contribution is -2.56. The average molecular weight is 589 g/mol. The van der Waals surface area contributed by atoms with Gasteiger partial charge < -0.3 is 0 Å². The van der Waals surface area contributed by atoms with Crippen molar-refractivity contribution < 1.29 is 16.8 Å². The topological polar surface area (TPSA) is 140 Å². The number of unbranched alkanes of at least 4 members (excludes halogenated alkanes) is 16. The van der Waals surface area contributed by atoms with Gasteiger partial charge in [0.2, 0.25) is 24.1 Å². The molecule has 0 aliphatic rings. The molecule has 0 saturated carbocycles. The van der Waals surface area contributed by atoms with E-state index in [0.29, 0.717) is 38.5 Å². The summed E-state index contributed by atoms with van der Waals surface area (Å²) in [6.45, 7) is 4.40. The van der Waals surface area contributed by atoms with Gasteiger partial charge in [-0.25, -0.2) is 26.3 Å². The van der Waals surface area contributed by atoms with Gasteiger partial charge in [-0.15, -0.1) is 0 Å². The summed E-state index contributed by atoms with van der Waals surface area (Å²) in [5, 5.41) is 17.2. The summed E-state index contributed by atoms with van der Waals surface area (Å²) in [5.41, 5.74) is 0. The summed E-state index contributed by atoms with van der Waals surface area (Å²) in [7, 11) is -8.22. The van der Waals surface area contributed by atoms with Crippen LogP contribution in [0.25, 0.3) is 0 Å². The second-order valence-corrected chi connectivity index (χ2v) is 15.1. The van der Waals surface area contributed by atoms with Crippen molar-refractivity contribution in [2.45, 2.75) is 159 Å². The Balaban J connectivity index is 4.99. The molecule has 0 aromatic rings. The summed E-state index contributed by atoms with van der Waals surface area (Å²) in [4.78, 5) is 0. The smallest absolute Gasteiger partial charge is 0.214 e. The Kier molecular flexibility index (Phi) is 22.8. The Labute approximate surface area is 240 Å². The van der Waals surface area contributed by atoms with Gasteiger partial charge in [0.05, 0.1) is 12.1 Å². The maximum absolute atomic E-state index is 13.7. The first-order chi connectivity index (χ1) is 18.7. The van der Waals surface area contributed by atoms with Gasteiger partial charge in [-0.1, -0.05) is 104 Å². The Morgan fingerprint density at radius 3 is 1.13 bits per heavy atom. The summed E-state index contributed by atoms with van der Waals surface area (Å²) in [6, 6.07) is 4.31. The second-order valence-electron chi connectivity index (χ2n) is 10.7. The van der Waals surface area contributed by atoms with E-state index in [-0.39, 0.29) is 25.9 Å². The molecule has 0 aromatic heterocycles. The maximum Gasteiger partial charge on any atom is 0.233 e. The van der Waals surface area contributed by atoms with Crippen LogP contribution in [0.15, 0.2) is 0 Å². The van der Waals surface area contributed by atoms with Crippen LogP contribution in [-0.2, 0) is 20.0 Å². The molecule has 0 radical (unpaired) electrons. The fourth-order valence-corrected chi connectivity index (χ4v) is 9.31. The summed E-state index contributed by atoms with van der Waals surface area (Å²) < 4.78 is 58.1. The van der Waals surface area contributed by atoms with Crippen LogP contribution in [0.4, 0.5) is 0 Å². The zero-order valence-corrected chi connectivity index (χ0v) is 26.4. The van der Waals surface area contributed by atoms with Crippen molar-refractivity contribution >= 4 is 20.0 Å². The van der Waals surface area contributed by atoms with Crippen molar-refractivity contribution in [3.05, 3.63) is 0 Å². The second kappa shape index (κ2) is 23.5. The summed E-state index contributed by atoms with van der Waals surface area (Å²) in [6.07, 6.45) is 17.3. The Bertz CT molecular complexity index is 819. The summed E-state index contributed by atoms with van der Waals surface area (Å²) in [5.74, 6) is 0. The van der Waals surface area contributed by atoms with Crippen LogP contribution in [-0.4, -0.2) is 34.0 Å². The van der Waals surface area contributed by atoms with Crippen molar-refractivity contribution in [2.75, 3.05) is 13.1 Å². The number of hydrogen-bond donors (Lipinski definition) is 2. The molecule has 0 amide bonds. The minimum Gasteiger partial charge on any atom is -0.214 e. The van der Waals surface area contributed by atoms with Crippen LogP contribution in [0.3, 0.4) is 0 Å². The third-order valence-corrected chi connectivity index (χ3v) is 12.6. The molecule has 0 aliphatic heterocycles. The molecule has 0 aromatic carbocycles. The molecular weight excluding hydrogens is 532 g/mol. The number of nitrogens with one attached hydrogen (secondary N) is 2. The Morgan fingerprint density at radius 2 is 0.821 bits per heavy atom. The van der Waals surface area contributed by atoms with Gasteiger partial charge in [0, 0.05) is 25.9 Å². The SMILES string of the molecule is CCCCC(CCCC)(S(=O)(=O)NCCCCCCCCCC#N)S(=O)(=O)NCCCCCCCCCC#N. The summed E-state index contributed by atoms with van der Waals surface area (Å²) >= 11 is 0. The molecule has 0 bridgehead atoms. The van der Waals surface area contributed by atoms with Crippen LogP contribution < -0.4 is 9.44 Å². The molecule has 8 nitrogen and oxygen atoms in total. The van der Waals surface area contributed by atoms with Crippen LogP contribution >= 0.6 is 0 Å². The van der Waals surface area contributed by atoms with Crippen LogP contribution in [0, 0.1) is 22.7 Å². The van der Waals surface area contributed by atoms with Crippen molar-refractivity contribution in [1.82, 2.24) is 9.44 Å². The van der Waals surface area contributed by atoms with E-state index in [4.69, 9.17) is 10.5 Å². The van der Waals surface area contributed by atoms with E-state index in [1.54, 1.807) is 0 Å². The number of nitriles is 2. The number of rotatable bonds is 28. The number of hydrogen-bond acceptors (Lipinski definition) is 6. The minimum atomic E-state index is -4.11. The fourth-order valence-electron chi connectivity index (χ4n) is 4.80. The fraction of sp³-hybridized carbons (Fsp3) is 0.931. The van der Waals surface area contributed by atoms with E-state index >= 15 is 0 Å². The quantitative estimate of drug-likeness (QED) is 0.0927. The van der Waals surface area contributed by atoms with Gasteiger partial charge in [0.1, 0.15) is 0 Å². The predicted octanol–water partition coefficient (Wildman–Crippen LogP) is 7.19. The van der Waals surface area contributed by atoms with Crippen molar-refractivity contribution in [2.24, 2.45) is 0 Å².